The minimum Gasteiger partial charge on any atom is -0.343 e. The maximum atomic E-state index is 4.44. The second-order valence-corrected chi connectivity index (χ2v) is 4.48. The number of aromatic nitrogens is 2. The van der Waals surface area contributed by atoms with Gasteiger partial charge in [-0.3, -0.25) is 0 Å². The van der Waals surface area contributed by atoms with Gasteiger partial charge in [0, 0.05) is 36.8 Å². The molecule has 0 unspecified atom stereocenters. The van der Waals surface area contributed by atoms with Crippen molar-refractivity contribution >= 4 is 11.0 Å². The van der Waals surface area contributed by atoms with E-state index in [9.17, 15) is 0 Å². The van der Waals surface area contributed by atoms with Crippen molar-refractivity contribution in [1.29, 1.82) is 0 Å². The number of nitrogens with zero attached hydrogens (tertiary/aromatic N) is 2. The number of hydrogen-bond acceptors (Lipinski definition) is 2. The summed E-state index contributed by atoms with van der Waals surface area (Å²) in [4.78, 5) is 10.2. The van der Waals surface area contributed by atoms with Crippen molar-refractivity contribution in [2.24, 2.45) is 0 Å². The standard InChI is InChI=1S/C12H15N3/c1-8-5-9-10-7-15(2)4-3-11(10)14-12(9)13-6-8/h5-6H,3-4,7H2,1-2H3,(H,13,14). The number of H-pyrrole nitrogens is 1. The number of fused-ring (bicyclic) bond motifs is 3. The van der Waals surface area contributed by atoms with E-state index in [0.717, 1.165) is 25.2 Å². The maximum Gasteiger partial charge on any atom is 0.137 e. The fraction of sp³-hybridized carbons (Fsp3) is 0.417. The van der Waals surface area contributed by atoms with E-state index in [2.05, 4.69) is 34.9 Å². The largest absolute Gasteiger partial charge is 0.343 e. The Hall–Kier alpha value is -1.35. The van der Waals surface area contributed by atoms with Gasteiger partial charge in [0.25, 0.3) is 0 Å². The smallest absolute Gasteiger partial charge is 0.137 e. The van der Waals surface area contributed by atoms with Crippen LogP contribution in [0.4, 0.5) is 0 Å². The highest BCUT2D eigenvalue weighted by molar-refractivity contribution is 5.82. The first kappa shape index (κ1) is 8.92. The van der Waals surface area contributed by atoms with Crippen LogP contribution in [-0.2, 0) is 13.0 Å². The van der Waals surface area contributed by atoms with Crippen molar-refractivity contribution in [3.05, 3.63) is 29.1 Å². The van der Waals surface area contributed by atoms with Crippen LogP contribution in [0.15, 0.2) is 12.3 Å². The summed E-state index contributed by atoms with van der Waals surface area (Å²) >= 11 is 0. The van der Waals surface area contributed by atoms with Crippen molar-refractivity contribution in [3.63, 3.8) is 0 Å². The average molecular weight is 201 g/mol. The van der Waals surface area contributed by atoms with Crippen molar-refractivity contribution in [1.82, 2.24) is 14.9 Å². The van der Waals surface area contributed by atoms with Crippen LogP contribution < -0.4 is 0 Å². The zero-order valence-corrected chi connectivity index (χ0v) is 9.17. The number of nitrogens with one attached hydrogen (secondary N) is 1. The summed E-state index contributed by atoms with van der Waals surface area (Å²) in [5.41, 5.74) is 5.09. The Morgan fingerprint density at radius 2 is 2.33 bits per heavy atom. The highest BCUT2D eigenvalue weighted by Gasteiger charge is 2.18. The average Bonchev–Trinajstić information content (AvgIpc) is 2.56. The van der Waals surface area contributed by atoms with Gasteiger partial charge in [-0.1, -0.05) is 0 Å². The van der Waals surface area contributed by atoms with Crippen molar-refractivity contribution in [2.45, 2.75) is 19.9 Å². The van der Waals surface area contributed by atoms with Crippen LogP contribution in [0, 0.1) is 6.92 Å². The molecule has 3 heterocycles. The zero-order chi connectivity index (χ0) is 10.4. The topological polar surface area (TPSA) is 31.9 Å². The lowest BCUT2D eigenvalue weighted by molar-refractivity contribution is 0.313. The van der Waals surface area contributed by atoms with Gasteiger partial charge in [-0.05, 0) is 31.2 Å². The molecule has 1 aliphatic heterocycles. The molecular formula is C12H15N3. The SMILES string of the molecule is Cc1cnc2[nH]c3c(c2c1)CN(C)CC3. The summed E-state index contributed by atoms with van der Waals surface area (Å²) < 4.78 is 0. The van der Waals surface area contributed by atoms with Gasteiger partial charge >= 0.3 is 0 Å². The van der Waals surface area contributed by atoms with E-state index in [1.54, 1.807) is 0 Å². The molecule has 3 heteroatoms. The molecule has 0 aromatic carbocycles. The van der Waals surface area contributed by atoms with Gasteiger partial charge < -0.3 is 9.88 Å². The maximum absolute atomic E-state index is 4.44. The van der Waals surface area contributed by atoms with Gasteiger partial charge in [-0.2, -0.15) is 0 Å². The van der Waals surface area contributed by atoms with Crippen LogP contribution in [0.25, 0.3) is 11.0 Å². The molecule has 78 valence electrons. The number of pyridine rings is 1. The van der Waals surface area contributed by atoms with E-state index in [1.165, 1.54) is 22.2 Å². The third-order valence-electron chi connectivity index (χ3n) is 3.15. The molecule has 0 saturated carbocycles. The lowest BCUT2D eigenvalue weighted by atomic mass is 10.1. The summed E-state index contributed by atoms with van der Waals surface area (Å²) in [5, 5.41) is 1.30. The Labute approximate surface area is 89.1 Å². The zero-order valence-electron chi connectivity index (χ0n) is 9.17. The van der Waals surface area contributed by atoms with Crippen LogP contribution in [-0.4, -0.2) is 28.5 Å². The van der Waals surface area contributed by atoms with Gasteiger partial charge in [-0.25, -0.2) is 4.98 Å². The molecule has 15 heavy (non-hydrogen) atoms. The van der Waals surface area contributed by atoms with Gasteiger partial charge in [0.15, 0.2) is 0 Å². The fourth-order valence-corrected chi connectivity index (χ4v) is 2.33. The van der Waals surface area contributed by atoms with Gasteiger partial charge in [0.05, 0.1) is 0 Å². The van der Waals surface area contributed by atoms with Gasteiger partial charge in [-0.15, -0.1) is 0 Å². The molecule has 0 bridgehead atoms. The Morgan fingerprint density at radius 1 is 1.47 bits per heavy atom. The molecule has 0 saturated heterocycles. The second-order valence-electron chi connectivity index (χ2n) is 4.48. The number of hydrogen-bond donors (Lipinski definition) is 1. The van der Waals surface area contributed by atoms with Crippen LogP contribution in [0.1, 0.15) is 16.8 Å². The first-order valence-electron chi connectivity index (χ1n) is 5.38. The van der Waals surface area contributed by atoms with E-state index in [0.29, 0.717) is 0 Å². The number of rotatable bonds is 0. The molecule has 2 aromatic heterocycles. The van der Waals surface area contributed by atoms with E-state index in [-0.39, 0.29) is 0 Å². The second kappa shape index (κ2) is 3.07. The van der Waals surface area contributed by atoms with Crippen LogP contribution >= 0.6 is 0 Å². The third kappa shape index (κ3) is 1.35. The van der Waals surface area contributed by atoms with E-state index in [1.807, 2.05) is 6.20 Å². The van der Waals surface area contributed by atoms with Crippen LogP contribution in [0.2, 0.25) is 0 Å². The van der Waals surface area contributed by atoms with E-state index in [4.69, 9.17) is 0 Å². The Bertz CT molecular complexity index is 513. The van der Waals surface area contributed by atoms with Crippen LogP contribution in [0.3, 0.4) is 0 Å². The molecule has 0 spiro atoms. The molecule has 3 rings (SSSR count). The highest BCUT2D eigenvalue weighted by Crippen LogP contribution is 2.26. The summed E-state index contributed by atoms with van der Waals surface area (Å²) in [5.74, 6) is 0. The van der Waals surface area contributed by atoms with Gasteiger partial charge in [0.2, 0.25) is 0 Å². The summed E-state index contributed by atoms with van der Waals surface area (Å²) in [6, 6.07) is 2.23. The van der Waals surface area contributed by atoms with E-state index >= 15 is 0 Å². The predicted molar refractivity (Wildman–Crippen MR) is 60.9 cm³/mol. The summed E-state index contributed by atoms with van der Waals surface area (Å²) in [6.45, 7) is 4.28. The molecule has 0 fully saturated rings. The molecule has 2 aromatic rings. The highest BCUT2D eigenvalue weighted by atomic mass is 15.1. The molecule has 0 aliphatic carbocycles. The molecule has 0 atom stereocenters. The lowest BCUT2D eigenvalue weighted by Gasteiger charge is -2.22. The van der Waals surface area contributed by atoms with E-state index < -0.39 is 0 Å². The third-order valence-corrected chi connectivity index (χ3v) is 3.15. The van der Waals surface area contributed by atoms with Gasteiger partial charge in [0.1, 0.15) is 5.65 Å². The minimum absolute atomic E-state index is 1.04. The summed E-state index contributed by atoms with van der Waals surface area (Å²) in [7, 11) is 2.17. The number of likely N-dealkylation sites (N-methyl/N-ethyl adjacent to an activating group) is 1. The minimum atomic E-state index is 1.04. The first-order chi connectivity index (χ1) is 7.24. The molecule has 3 nitrogen and oxygen atoms in total. The molecule has 1 N–H and O–H groups in total. The van der Waals surface area contributed by atoms with Crippen molar-refractivity contribution < 1.29 is 0 Å². The Balaban J connectivity index is 2.25. The Kier molecular flexibility index (Phi) is 1.83. The van der Waals surface area contributed by atoms with Crippen molar-refractivity contribution in [3.8, 4) is 0 Å². The van der Waals surface area contributed by atoms with Crippen molar-refractivity contribution in [2.75, 3.05) is 13.6 Å². The first-order valence-corrected chi connectivity index (χ1v) is 5.38. The predicted octanol–water partition coefficient (Wildman–Crippen LogP) is 1.86. The molecule has 1 aliphatic rings. The lowest BCUT2D eigenvalue weighted by Crippen LogP contribution is -2.25. The molecule has 0 radical (unpaired) electrons. The number of aryl methyl sites for hydroxylation is 1. The molecule has 0 amide bonds. The number of aromatic amines is 1. The normalized spacial score (nSPS) is 16.9. The monoisotopic (exact) mass is 201 g/mol. The molecular weight excluding hydrogens is 186 g/mol. The fourth-order valence-electron chi connectivity index (χ4n) is 2.33. The Morgan fingerprint density at radius 3 is 3.20 bits per heavy atom. The van der Waals surface area contributed by atoms with Crippen LogP contribution in [0.5, 0.6) is 0 Å². The summed E-state index contributed by atoms with van der Waals surface area (Å²) in [6.07, 6.45) is 3.04. The quantitative estimate of drug-likeness (QED) is 0.705.